The van der Waals surface area contributed by atoms with Crippen molar-refractivity contribution in [2.75, 3.05) is 79.3 Å². The minimum absolute atomic E-state index is 0.168. The predicted octanol–water partition coefficient (Wildman–Crippen LogP) is 13.4. The Hall–Kier alpha value is -2.68. The smallest absolute Gasteiger partial charge is 0.147 e. The van der Waals surface area contributed by atoms with E-state index < -0.39 is 0 Å². The van der Waals surface area contributed by atoms with Gasteiger partial charge in [-0.2, -0.15) is 0 Å². The van der Waals surface area contributed by atoms with Crippen LogP contribution in [-0.2, 0) is 40.6 Å². The third kappa shape index (κ3) is 12.4. The Bertz CT molecular complexity index is 1950. The summed E-state index contributed by atoms with van der Waals surface area (Å²) in [4.78, 5) is 8.07. The van der Waals surface area contributed by atoms with Gasteiger partial charge in [-0.15, -0.1) is 0 Å². The Morgan fingerprint density at radius 1 is 0.266 bits per heavy atom. The molecular weight excluding hydrogens is 881 g/mol. The summed E-state index contributed by atoms with van der Waals surface area (Å²) in [5.41, 5.74) is 4.14. The van der Waals surface area contributed by atoms with Crippen molar-refractivity contribution in [2.24, 2.45) is 0 Å². The van der Waals surface area contributed by atoms with Gasteiger partial charge in [-0.05, 0) is 92.4 Å². The SMILES string of the molecule is CC(C)(C)c1cc2c3c(c1)Sc1cc(C(C)(C)C)cc4c1OCCOCCOCCOc1c(cc(C(C)(C)C)cc1Sc1cc(C(C)(C)C)cc(c1OCCOCCOCCO3)S2)S4. The van der Waals surface area contributed by atoms with E-state index in [-0.39, 0.29) is 21.7 Å². The lowest BCUT2D eigenvalue weighted by atomic mass is 9.87. The predicted molar refractivity (Wildman–Crippen MR) is 262 cm³/mol. The lowest BCUT2D eigenvalue weighted by Crippen LogP contribution is -2.15. The van der Waals surface area contributed by atoms with Crippen LogP contribution >= 0.6 is 47.0 Å². The molecule has 12 heteroatoms. The van der Waals surface area contributed by atoms with Crippen molar-refractivity contribution in [1.82, 2.24) is 0 Å². The van der Waals surface area contributed by atoms with Gasteiger partial charge in [0.15, 0.2) is 0 Å². The largest absolute Gasteiger partial charge is 0.489 e. The highest BCUT2D eigenvalue weighted by Gasteiger charge is 2.31. The first-order chi connectivity index (χ1) is 30.3. The van der Waals surface area contributed by atoms with Crippen LogP contribution in [0.4, 0.5) is 0 Å². The average molecular weight is 949 g/mol. The summed E-state index contributed by atoms with van der Waals surface area (Å²) in [5.74, 6) is 3.24. The molecule has 3 aliphatic heterocycles. The van der Waals surface area contributed by atoms with Gasteiger partial charge in [0.1, 0.15) is 49.4 Å². The second-order valence-corrected chi connectivity index (χ2v) is 24.8. The highest BCUT2D eigenvalue weighted by atomic mass is 32.2. The molecule has 0 amide bonds. The molecule has 0 atom stereocenters. The summed E-state index contributed by atoms with van der Waals surface area (Å²) < 4.78 is 51.9. The van der Waals surface area contributed by atoms with Gasteiger partial charge in [-0.1, -0.05) is 130 Å². The van der Waals surface area contributed by atoms with Gasteiger partial charge in [-0.3, -0.25) is 0 Å². The van der Waals surface area contributed by atoms with E-state index in [0.29, 0.717) is 79.3 Å². The van der Waals surface area contributed by atoms with Crippen LogP contribution in [0.3, 0.4) is 0 Å². The van der Waals surface area contributed by atoms with Crippen molar-refractivity contribution in [3.63, 3.8) is 0 Å². The van der Waals surface area contributed by atoms with Crippen molar-refractivity contribution in [2.45, 2.75) is 144 Å². The Kier molecular flexibility index (Phi) is 15.9. The molecule has 0 unspecified atom stereocenters. The van der Waals surface area contributed by atoms with E-state index in [1.807, 2.05) is 0 Å². The van der Waals surface area contributed by atoms with Crippen molar-refractivity contribution < 1.29 is 37.9 Å². The first kappa shape index (κ1) is 49.2. The van der Waals surface area contributed by atoms with Crippen molar-refractivity contribution in [3.05, 3.63) is 70.8 Å². The molecule has 7 rings (SSSR count). The van der Waals surface area contributed by atoms with E-state index >= 15 is 0 Å². The van der Waals surface area contributed by atoms with E-state index in [0.717, 1.165) is 62.2 Å². The Balaban J connectivity index is 1.62. The zero-order valence-electron chi connectivity index (χ0n) is 40.0. The third-order valence-electron chi connectivity index (χ3n) is 11.1. The second-order valence-electron chi connectivity index (χ2n) is 20.5. The van der Waals surface area contributed by atoms with Gasteiger partial charge in [0, 0.05) is 0 Å². The Labute approximate surface area is 399 Å². The molecular formula is C52H68O8S4. The summed E-state index contributed by atoms with van der Waals surface area (Å²) in [6, 6.07) is 18.5. The number of ether oxygens (including phenoxy) is 8. The van der Waals surface area contributed by atoms with Gasteiger partial charge < -0.3 is 37.9 Å². The topological polar surface area (TPSA) is 73.8 Å². The highest BCUT2D eigenvalue weighted by Crippen LogP contribution is 2.56. The van der Waals surface area contributed by atoms with Crippen LogP contribution in [-0.4, -0.2) is 79.3 Å². The molecule has 0 fully saturated rings. The monoisotopic (exact) mass is 948 g/mol. The van der Waals surface area contributed by atoms with E-state index in [9.17, 15) is 0 Å². The molecule has 4 aromatic carbocycles. The normalized spacial score (nSPS) is 17.6. The van der Waals surface area contributed by atoms with Gasteiger partial charge in [0.05, 0.1) is 92.0 Å². The second kappa shape index (κ2) is 20.7. The molecule has 3 aliphatic rings. The van der Waals surface area contributed by atoms with Crippen LogP contribution in [0.25, 0.3) is 0 Å². The lowest BCUT2D eigenvalue weighted by Gasteiger charge is -2.28. The zero-order chi connectivity index (χ0) is 45.9. The summed E-state index contributed by atoms with van der Waals surface area (Å²) in [7, 11) is 0. The van der Waals surface area contributed by atoms with Crippen LogP contribution in [0.1, 0.15) is 105 Å². The summed E-state index contributed by atoms with van der Waals surface area (Å²) in [5, 5.41) is 0. The summed E-state index contributed by atoms with van der Waals surface area (Å²) >= 11 is 6.81. The fourth-order valence-electron chi connectivity index (χ4n) is 7.14. The van der Waals surface area contributed by atoms with E-state index in [1.54, 1.807) is 47.0 Å². The molecule has 0 saturated carbocycles. The number of benzene rings is 4. The maximum Gasteiger partial charge on any atom is 0.147 e. The van der Waals surface area contributed by atoms with E-state index in [2.05, 4.69) is 132 Å². The maximum absolute atomic E-state index is 6.93. The van der Waals surface area contributed by atoms with Gasteiger partial charge >= 0.3 is 0 Å². The molecule has 0 spiro atoms. The highest BCUT2D eigenvalue weighted by molar-refractivity contribution is 8.01. The van der Waals surface area contributed by atoms with Gasteiger partial charge in [-0.25, -0.2) is 0 Å². The minimum Gasteiger partial charge on any atom is -0.489 e. The Morgan fingerprint density at radius 2 is 0.422 bits per heavy atom. The first-order valence-corrected chi connectivity index (χ1v) is 25.8. The molecule has 4 aromatic rings. The van der Waals surface area contributed by atoms with Gasteiger partial charge in [0.2, 0.25) is 0 Å². The van der Waals surface area contributed by atoms with Crippen LogP contribution in [0, 0.1) is 0 Å². The molecule has 0 saturated heterocycles. The van der Waals surface area contributed by atoms with Crippen LogP contribution in [0.2, 0.25) is 0 Å². The molecule has 0 N–H and O–H groups in total. The fourth-order valence-corrected chi connectivity index (χ4v) is 11.9. The molecule has 0 radical (unpaired) electrons. The minimum atomic E-state index is -0.168. The van der Waals surface area contributed by atoms with Crippen molar-refractivity contribution >= 4 is 47.0 Å². The number of hydrogen-bond donors (Lipinski definition) is 0. The molecule has 64 heavy (non-hydrogen) atoms. The summed E-state index contributed by atoms with van der Waals surface area (Å²) in [6.45, 7) is 32.4. The van der Waals surface area contributed by atoms with Crippen LogP contribution in [0.15, 0.2) is 87.7 Å². The van der Waals surface area contributed by atoms with Crippen LogP contribution in [0.5, 0.6) is 23.0 Å². The standard InChI is InChI=1S/C52H68O8S4/c1-49(2,3)33-25-37-45-41(29-33)63-42-30-35(51(7,8)9)27-39-47(42)59-23-19-55-15-16-56-20-24-60-48-40(62-39)28-36(52(10,11)12)32-44(48)64-43-31-34(50(4,5)6)26-38(61-37)46(43)58-22-18-54-14-13-53-17-21-57-45/h25-32H,13-24H2,1-12H3. The molecule has 8 nitrogen and oxygen atoms in total. The quantitative estimate of drug-likeness (QED) is 0.148. The summed E-state index contributed by atoms with van der Waals surface area (Å²) in [6.07, 6.45) is 0. The lowest BCUT2D eigenvalue weighted by molar-refractivity contribution is 0.0263. The number of hydrogen-bond acceptors (Lipinski definition) is 12. The van der Waals surface area contributed by atoms with E-state index in [1.165, 1.54) is 22.3 Å². The maximum atomic E-state index is 6.93. The van der Waals surface area contributed by atoms with Crippen molar-refractivity contribution in [3.8, 4) is 23.0 Å². The molecule has 348 valence electrons. The third-order valence-corrected chi connectivity index (χ3v) is 15.3. The molecule has 0 aromatic heterocycles. The van der Waals surface area contributed by atoms with Gasteiger partial charge in [0.25, 0.3) is 0 Å². The zero-order valence-corrected chi connectivity index (χ0v) is 43.3. The van der Waals surface area contributed by atoms with Crippen LogP contribution < -0.4 is 18.9 Å². The average Bonchev–Trinajstić information content (AvgIpc) is 3.20. The number of rotatable bonds is 0. The van der Waals surface area contributed by atoms with Crippen molar-refractivity contribution in [1.29, 1.82) is 0 Å². The molecule has 12 bridgehead atoms. The fraction of sp³-hybridized carbons (Fsp3) is 0.538. The first-order valence-electron chi connectivity index (χ1n) is 22.5. The Morgan fingerprint density at radius 3 is 0.578 bits per heavy atom. The van der Waals surface area contributed by atoms with E-state index in [4.69, 9.17) is 37.9 Å². The molecule has 0 aliphatic carbocycles. The molecule has 3 heterocycles.